The lowest BCUT2D eigenvalue weighted by Gasteiger charge is -2.26. The number of benzene rings is 2. The monoisotopic (exact) mass is 422 g/mol. The van der Waals surface area contributed by atoms with Crippen LogP contribution in [0, 0.1) is 12.7 Å². The van der Waals surface area contributed by atoms with Crippen LogP contribution in [0.2, 0.25) is 0 Å². The zero-order valence-electron chi connectivity index (χ0n) is 17.7. The second kappa shape index (κ2) is 9.31. The summed E-state index contributed by atoms with van der Waals surface area (Å²) < 4.78 is 14.1. The Morgan fingerprint density at radius 3 is 2.71 bits per heavy atom. The number of aromatic nitrogens is 1. The first-order chi connectivity index (χ1) is 15.0. The molecule has 31 heavy (non-hydrogen) atoms. The minimum absolute atomic E-state index is 0.127. The number of halogens is 1. The molecular weight excluding hydrogens is 395 g/mol. The summed E-state index contributed by atoms with van der Waals surface area (Å²) >= 11 is 0. The Balaban J connectivity index is 1.58. The molecular formula is C24H27FN4O2. The number of likely N-dealkylation sites (tertiary alicyclic amines) is 1. The van der Waals surface area contributed by atoms with Crippen molar-refractivity contribution in [2.75, 3.05) is 31.5 Å². The quantitative estimate of drug-likeness (QED) is 0.628. The number of anilines is 1. The molecule has 7 heteroatoms. The maximum absolute atomic E-state index is 14.1. The molecule has 1 aromatic heterocycles. The van der Waals surface area contributed by atoms with Gasteiger partial charge in [-0.15, -0.1) is 0 Å². The number of nitrogens with zero attached hydrogens (tertiary/aromatic N) is 2. The summed E-state index contributed by atoms with van der Waals surface area (Å²) in [5.41, 5.74) is 2.21. The minimum Gasteiger partial charge on any atom is -0.321 e. The lowest BCUT2D eigenvalue weighted by molar-refractivity contribution is 0.197. The molecule has 0 spiro atoms. The molecule has 1 aliphatic rings. The average molecular weight is 423 g/mol. The fourth-order valence-electron chi connectivity index (χ4n) is 4.03. The number of amides is 2. The molecule has 0 radical (unpaired) electrons. The lowest BCUT2D eigenvalue weighted by atomic mass is 10.1. The van der Waals surface area contributed by atoms with Crippen LogP contribution in [0.25, 0.3) is 10.9 Å². The van der Waals surface area contributed by atoms with E-state index in [0.717, 1.165) is 48.9 Å². The van der Waals surface area contributed by atoms with Gasteiger partial charge in [-0.3, -0.25) is 4.79 Å². The highest BCUT2D eigenvalue weighted by Crippen LogP contribution is 2.17. The van der Waals surface area contributed by atoms with Gasteiger partial charge in [0.1, 0.15) is 5.82 Å². The third-order valence-corrected chi connectivity index (χ3v) is 5.81. The van der Waals surface area contributed by atoms with Gasteiger partial charge in [-0.1, -0.05) is 30.3 Å². The number of aryl methyl sites for hydroxylation is 1. The number of para-hydroxylation sites is 2. The Bertz CT molecular complexity index is 1140. The maximum atomic E-state index is 14.1. The topological polar surface area (TPSA) is 68.4 Å². The van der Waals surface area contributed by atoms with Crippen molar-refractivity contribution in [1.29, 1.82) is 0 Å². The predicted octanol–water partition coefficient (Wildman–Crippen LogP) is 4.11. The SMILES string of the molecule is Cc1cccc2cc(CN(CCN3CCCC3)C(=O)Nc3ccccc3F)c(=O)[nH]c12. The van der Waals surface area contributed by atoms with E-state index in [9.17, 15) is 14.0 Å². The Morgan fingerprint density at radius 2 is 1.94 bits per heavy atom. The Morgan fingerprint density at radius 1 is 1.16 bits per heavy atom. The fraction of sp³-hybridized carbons (Fsp3) is 0.333. The van der Waals surface area contributed by atoms with Crippen molar-refractivity contribution in [2.45, 2.75) is 26.3 Å². The van der Waals surface area contributed by atoms with Crippen molar-refractivity contribution < 1.29 is 9.18 Å². The van der Waals surface area contributed by atoms with Gasteiger partial charge in [-0.2, -0.15) is 0 Å². The number of hydrogen-bond donors (Lipinski definition) is 2. The van der Waals surface area contributed by atoms with Gasteiger partial charge in [0.05, 0.1) is 17.7 Å². The zero-order valence-corrected chi connectivity index (χ0v) is 17.7. The van der Waals surface area contributed by atoms with Crippen molar-refractivity contribution in [1.82, 2.24) is 14.8 Å². The summed E-state index contributed by atoms with van der Waals surface area (Å²) in [4.78, 5) is 32.6. The van der Waals surface area contributed by atoms with Crippen LogP contribution in [0.15, 0.2) is 53.3 Å². The molecule has 0 aliphatic carbocycles. The molecule has 3 aromatic rings. The van der Waals surface area contributed by atoms with E-state index in [1.54, 1.807) is 17.0 Å². The van der Waals surface area contributed by atoms with Crippen LogP contribution in [-0.2, 0) is 6.54 Å². The van der Waals surface area contributed by atoms with Crippen molar-refractivity contribution in [3.8, 4) is 0 Å². The third-order valence-electron chi connectivity index (χ3n) is 5.81. The van der Waals surface area contributed by atoms with Gasteiger partial charge in [-0.05, 0) is 62.0 Å². The van der Waals surface area contributed by atoms with Gasteiger partial charge in [0.15, 0.2) is 0 Å². The number of carbonyl (C=O) groups is 1. The Labute approximate surface area is 180 Å². The van der Waals surface area contributed by atoms with Gasteiger partial charge in [0.25, 0.3) is 5.56 Å². The second-order valence-electron chi connectivity index (χ2n) is 8.04. The summed E-state index contributed by atoms with van der Waals surface area (Å²) in [5.74, 6) is -0.491. The normalized spacial score (nSPS) is 14.1. The number of pyridine rings is 1. The minimum atomic E-state index is -0.491. The third kappa shape index (κ3) is 4.94. The predicted molar refractivity (Wildman–Crippen MR) is 121 cm³/mol. The molecule has 2 N–H and O–H groups in total. The molecule has 2 amide bonds. The van der Waals surface area contributed by atoms with Gasteiger partial charge >= 0.3 is 6.03 Å². The summed E-state index contributed by atoms with van der Waals surface area (Å²) in [6.07, 6.45) is 2.32. The van der Waals surface area contributed by atoms with Crippen molar-refractivity contribution >= 4 is 22.6 Å². The Kier molecular flexibility index (Phi) is 6.32. The van der Waals surface area contributed by atoms with Gasteiger partial charge in [0, 0.05) is 18.7 Å². The highest BCUT2D eigenvalue weighted by atomic mass is 19.1. The molecule has 1 saturated heterocycles. The molecule has 0 unspecified atom stereocenters. The fourth-order valence-corrected chi connectivity index (χ4v) is 4.03. The summed E-state index contributed by atoms with van der Waals surface area (Å²) in [6.45, 7) is 5.29. The number of hydrogen-bond acceptors (Lipinski definition) is 3. The molecule has 6 nitrogen and oxygen atoms in total. The van der Waals surface area contributed by atoms with Crippen LogP contribution in [0.1, 0.15) is 24.0 Å². The summed E-state index contributed by atoms with van der Waals surface area (Å²) in [7, 11) is 0. The van der Waals surface area contributed by atoms with Crippen LogP contribution in [0.5, 0.6) is 0 Å². The van der Waals surface area contributed by atoms with Crippen molar-refractivity contribution in [2.24, 2.45) is 0 Å². The molecule has 0 atom stereocenters. The summed E-state index contributed by atoms with van der Waals surface area (Å²) in [5, 5.41) is 3.57. The number of urea groups is 1. The smallest absolute Gasteiger partial charge is 0.321 e. The van der Waals surface area contributed by atoms with Gasteiger partial charge in [-0.25, -0.2) is 9.18 Å². The lowest BCUT2D eigenvalue weighted by Crippen LogP contribution is -2.41. The van der Waals surface area contributed by atoms with Gasteiger partial charge < -0.3 is 20.1 Å². The number of H-pyrrole nitrogens is 1. The molecule has 1 aliphatic heterocycles. The first-order valence-corrected chi connectivity index (χ1v) is 10.7. The molecule has 4 rings (SSSR count). The molecule has 0 bridgehead atoms. The second-order valence-corrected chi connectivity index (χ2v) is 8.04. The number of rotatable bonds is 6. The van der Waals surface area contributed by atoms with E-state index in [2.05, 4.69) is 15.2 Å². The molecule has 2 heterocycles. The summed E-state index contributed by atoms with van der Waals surface area (Å²) in [6, 6.07) is 13.3. The van der Waals surface area contributed by atoms with Crippen molar-refractivity contribution in [3.63, 3.8) is 0 Å². The molecule has 0 saturated carbocycles. The number of nitrogens with one attached hydrogen (secondary N) is 2. The maximum Gasteiger partial charge on any atom is 0.322 e. The van der Waals surface area contributed by atoms with E-state index in [-0.39, 0.29) is 17.8 Å². The van der Waals surface area contributed by atoms with E-state index in [1.165, 1.54) is 12.1 Å². The Hall–Kier alpha value is -3.19. The number of aromatic amines is 1. The van der Waals surface area contributed by atoms with E-state index >= 15 is 0 Å². The van der Waals surface area contributed by atoms with Crippen LogP contribution in [-0.4, -0.2) is 47.0 Å². The van der Waals surface area contributed by atoms with E-state index < -0.39 is 11.8 Å². The standard InChI is InChI=1S/C24H27FN4O2/c1-17-7-6-8-18-15-19(23(30)27-22(17)18)16-29(14-13-28-11-4-5-12-28)24(31)26-21-10-3-2-9-20(21)25/h2-3,6-10,15H,4-5,11-14,16H2,1H3,(H,26,31)(H,27,30). The molecule has 162 valence electrons. The van der Waals surface area contributed by atoms with E-state index in [0.29, 0.717) is 12.1 Å². The number of carbonyl (C=O) groups excluding carboxylic acids is 1. The van der Waals surface area contributed by atoms with Crippen LogP contribution >= 0.6 is 0 Å². The first-order valence-electron chi connectivity index (χ1n) is 10.7. The zero-order chi connectivity index (χ0) is 21.8. The average Bonchev–Trinajstić information content (AvgIpc) is 3.27. The molecule has 2 aromatic carbocycles. The molecule has 1 fully saturated rings. The number of fused-ring (bicyclic) bond motifs is 1. The van der Waals surface area contributed by atoms with Crippen LogP contribution in [0.3, 0.4) is 0 Å². The highest BCUT2D eigenvalue weighted by Gasteiger charge is 2.20. The van der Waals surface area contributed by atoms with Crippen LogP contribution in [0.4, 0.5) is 14.9 Å². The van der Waals surface area contributed by atoms with E-state index in [1.807, 2.05) is 31.2 Å². The largest absolute Gasteiger partial charge is 0.322 e. The first kappa shape index (κ1) is 21.1. The van der Waals surface area contributed by atoms with Crippen molar-refractivity contribution in [3.05, 3.63) is 75.8 Å². The van der Waals surface area contributed by atoms with E-state index in [4.69, 9.17) is 0 Å². The highest BCUT2D eigenvalue weighted by molar-refractivity contribution is 5.89. The van der Waals surface area contributed by atoms with Crippen LogP contribution < -0.4 is 10.9 Å². The van der Waals surface area contributed by atoms with Gasteiger partial charge in [0.2, 0.25) is 0 Å².